The zero-order chi connectivity index (χ0) is 16.2. The largest absolute Gasteiger partial charge is 0.343 e. The van der Waals surface area contributed by atoms with E-state index in [1.54, 1.807) is 4.68 Å². The minimum absolute atomic E-state index is 0.229. The fourth-order valence-electron chi connectivity index (χ4n) is 3.89. The van der Waals surface area contributed by atoms with Crippen LogP contribution in [0, 0.1) is 12.8 Å². The number of aryl methyl sites for hydroxylation is 2. The van der Waals surface area contributed by atoms with Crippen molar-refractivity contribution in [3.05, 3.63) is 5.82 Å². The van der Waals surface area contributed by atoms with Crippen LogP contribution in [0.25, 0.3) is 0 Å². The summed E-state index contributed by atoms with van der Waals surface area (Å²) in [6.07, 6.45) is 5.44. The molecule has 7 nitrogen and oxygen atoms in total. The van der Waals surface area contributed by atoms with Gasteiger partial charge in [0.2, 0.25) is 5.91 Å². The molecular weight excluding hydrogens is 292 g/mol. The first-order chi connectivity index (χ1) is 11.1. The van der Waals surface area contributed by atoms with Crippen LogP contribution < -0.4 is 0 Å². The molecule has 1 atom stereocenters. The van der Waals surface area contributed by atoms with Crippen LogP contribution in [0.4, 0.5) is 0 Å². The molecule has 1 amide bonds. The number of nitrogens with zero attached hydrogens (tertiary/aromatic N) is 6. The highest BCUT2D eigenvalue weighted by Gasteiger charge is 2.30. The number of piperidine rings is 1. The normalized spacial score (nSPS) is 21.7. The average molecular weight is 320 g/mol. The highest BCUT2D eigenvalue weighted by atomic mass is 16.2. The van der Waals surface area contributed by atoms with Crippen LogP contribution in [-0.4, -0.2) is 68.1 Å². The van der Waals surface area contributed by atoms with E-state index in [4.69, 9.17) is 0 Å². The zero-order valence-corrected chi connectivity index (χ0v) is 14.3. The second-order valence-electron chi connectivity index (χ2n) is 6.90. The number of amides is 1. The molecule has 3 rings (SSSR count). The summed E-state index contributed by atoms with van der Waals surface area (Å²) in [5.74, 6) is 1.72. The first-order valence-electron chi connectivity index (χ1n) is 8.90. The van der Waals surface area contributed by atoms with Crippen molar-refractivity contribution in [3.63, 3.8) is 0 Å². The van der Waals surface area contributed by atoms with Crippen molar-refractivity contribution in [1.82, 2.24) is 30.0 Å². The van der Waals surface area contributed by atoms with E-state index in [9.17, 15) is 4.79 Å². The Morgan fingerprint density at radius 2 is 1.91 bits per heavy atom. The number of hydrogen-bond acceptors (Lipinski definition) is 5. The third kappa shape index (κ3) is 3.88. The van der Waals surface area contributed by atoms with Crippen molar-refractivity contribution in [2.75, 3.05) is 26.2 Å². The molecule has 0 N–H and O–H groups in total. The van der Waals surface area contributed by atoms with Crippen LogP contribution in [0.2, 0.25) is 0 Å². The van der Waals surface area contributed by atoms with Gasteiger partial charge in [0.15, 0.2) is 0 Å². The summed E-state index contributed by atoms with van der Waals surface area (Å²) in [5, 5.41) is 11.4. The Morgan fingerprint density at radius 1 is 1.22 bits per heavy atom. The fraction of sp³-hybridized carbons (Fsp3) is 0.875. The van der Waals surface area contributed by atoms with Crippen LogP contribution in [-0.2, 0) is 11.3 Å². The summed E-state index contributed by atoms with van der Waals surface area (Å²) in [5.41, 5.74) is 0. The number of aromatic nitrogens is 4. The first-order valence-corrected chi connectivity index (χ1v) is 8.90. The summed E-state index contributed by atoms with van der Waals surface area (Å²) in [6.45, 7) is 9.11. The quantitative estimate of drug-likeness (QED) is 0.812. The lowest BCUT2D eigenvalue weighted by molar-refractivity contribution is -0.133. The Morgan fingerprint density at radius 3 is 2.52 bits per heavy atom. The van der Waals surface area contributed by atoms with Crippen molar-refractivity contribution < 1.29 is 4.79 Å². The first kappa shape index (κ1) is 16.4. The molecular formula is C16H28N6O. The molecule has 2 saturated heterocycles. The summed E-state index contributed by atoms with van der Waals surface area (Å²) < 4.78 is 1.69. The molecule has 1 aromatic rings. The summed E-state index contributed by atoms with van der Waals surface area (Å²) in [7, 11) is 0. The van der Waals surface area contributed by atoms with E-state index < -0.39 is 0 Å². The molecule has 23 heavy (non-hydrogen) atoms. The number of carbonyl (C=O) groups is 1. The Kier molecular flexibility index (Phi) is 5.25. The molecule has 0 unspecified atom stereocenters. The maximum atomic E-state index is 12.4. The lowest BCUT2D eigenvalue weighted by Gasteiger charge is -2.38. The Labute approximate surface area is 138 Å². The van der Waals surface area contributed by atoms with E-state index in [0.717, 1.165) is 37.7 Å². The van der Waals surface area contributed by atoms with E-state index in [-0.39, 0.29) is 5.91 Å². The second kappa shape index (κ2) is 7.38. The zero-order valence-electron chi connectivity index (χ0n) is 14.3. The molecule has 0 aromatic carbocycles. The van der Waals surface area contributed by atoms with Crippen molar-refractivity contribution in [1.29, 1.82) is 0 Å². The molecule has 7 heteroatoms. The Bertz CT molecular complexity index is 516. The van der Waals surface area contributed by atoms with Gasteiger partial charge in [-0.05, 0) is 69.0 Å². The molecule has 128 valence electrons. The van der Waals surface area contributed by atoms with E-state index in [1.165, 1.54) is 25.9 Å². The number of tetrazole rings is 1. The predicted molar refractivity (Wildman–Crippen MR) is 86.7 cm³/mol. The van der Waals surface area contributed by atoms with Gasteiger partial charge in [-0.15, -0.1) is 5.10 Å². The van der Waals surface area contributed by atoms with Gasteiger partial charge in [0, 0.05) is 25.6 Å². The maximum Gasteiger partial charge on any atom is 0.224 e. The van der Waals surface area contributed by atoms with Crippen molar-refractivity contribution >= 4 is 5.91 Å². The van der Waals surface area contributed by atoms with Gasteiger partial charge in [0.1, 0.15) is 5.82 Å². The van der Waals surface area contributed by atoms with Crippen LogP contribution in [0.3, 0.4) is 0 Å². The van der Waals surface area contributed by atoms with E-state index in [0.29, 0.717) is 19.0 Å². The molecule has 2 fully saturated rings. The van der Waals surface area contributed by atoms with Crippen molar-refractivity contribution in [3.8, 4) is 0 Å². The minimum atomic E-state index is 0.229. The fourth-order valence-corrected chi connectivity index (χ4v) is 3.89. The predicted octanol–water partition coefficient (Wildman–Crippen LogP) is 1.09. The molecule has 2 aliphatic rings. The number of hydrogen-bond donors (Lipinski definition) is 0. The smallest absolute Gasteiger partial charge is 0.224 e. The lowest BCUT2D eigenvalue weighted by atomic mass is 9.89. The number of carbonyl (C=O) groups excluding carboxylic acids is 1. The molecule has 0 saturated carbocycles. The highest BCUT2D eigenvalue weighted by molar-refractivity contribution is 5.76. The molecule has 0 aliphatic carbocycles. The Hall–Kier alpha value is -1.50. The van der Waals surface area contributed by atoms with Gasteiger partial charge in [-0.3, -0.25) is 4.79 Å². The third-order valence-electron chi connectivity index (χ3n) is 5.54. The van der Waals surface area contributed by atoms with Crippen molar-refractivity contribution in [2.45, 2.75) is 58.5 Å². The summed E-state index contributed by atoms with van der Waals surface area (Å²) in [6, 6.07) is 0.665. The van der Waals surface area contributed by atoms with Crippen LogP contribution in [0.1, 0.15) is 44.9 Å². The SMILES string of the molecule is Cc1nnnn1CCC(=O)N1CCC([C@H](C)N2CCCC2)CC1. The molecule has 3 heterocycles. The maximum absolute atomic E-state index is 12.4. The molecule has 0 spiro atoms. The van der Waals surface area contributed by atoms with Gasteiger partial charge in [-0.2, -0.15) is 0 Å². The van der Waals surface area contributed by atoms with Crippen molar-refractivity contribution in [2.24, 2.45) is 5.92 Å². The summed E-state index contributed by atoms with van der Waals surface area (Å²) in [4.78, 5) is 17.0. The van der Waals surface area contributed by atoms with Gasteiger partial charge in [-0.25, -0.2) is 4.68 Å². The summed E-state index contributed by atoms with van der Waals surface area (Å²) >= 11 is 0. The molecule has 1 aromatic heterocycles. The van der Waals surface area contributed by atoms with E-state index in [2.05, 4.69) is 27.3 Å². The standard InChI is InChI=1S/C16H28N6O/c1-13(20-8-3-4-9-20)15-5-10-21(11-6-15)16(23)7-12-22-14(2)17-18-19-22/h13,15H,3-12H2,1-2H3/t13-/m0/s1. The molecule has 0 bridgehead atoms. The number of likely N-dealkylation sites (tertiary alicyclic amines) is 2. The second-order valence-corrected chi connectivity index (χ2v) is 6.90. The minimum Gasteiger partial charge on any atom is -0.343 e. The number of rotatable bonds is 5. The van der Waals surface area contributed by atoms with Crippen LogP contribution >= 0.6 is 0 Å². The monoisotopic (exact) mass is 320 g/mol. The van der Waals surface area contributed by atoms with Crippen LogP contribution in [0.15, 0.2) is 0 Å². The van der Waals surface area contributed by atoms with Gasteiger partial charge >= 0.3 is 0 Å². The van der Waals surface area contributed by atoms with E-state index in [1.807, 2.05) is 11.8 Å². The van der Waals surface area contributed by atoms with Gasteiger partial charge in [-0.1, -0.05) is 0 Å². The molecule has 0 radical (unpaired) electrons. The highest BCUT2D eigenvalue weighted by Crippen LogP contribution is 2.26. The van der Waals surface area contributed by atoms with Crippen LogP contribution in [0.5, 0.6) is 0 Å². The average Bonchev–Trinajstić information content (AvgIpc) is 3.24. The van der Waals surface area contributed by atoms with Gasteiger partial charge in [0.25, 0.3) is 0 Å². The molecule has 2 aliphatic heterocycles. The van der Waals surface area contributed by atoms with Gasteiger partial charge in [0.05, 0.1) is 6.54 Å². The Balaban J connectivity index is 1.43. The van der Waals surface area contributed by atoms with Gasteiger partial charge < -0.3 is 9.80 Å². The third-order valence-corrected chi connectivity index (χ3v) is 5.54. The van der Waals surface area contributed by atoms with E-state index >= 15 is 0 Å². The lowest BCUT2D eigenvalue weighted by Crippen LogP contribution is -2.45. The topological polar surface area (TPSA) is 67.2 Å².